The highest BCUT2D eigenvalue weighted by Crippen LogP contribution is 2.26. The zero-order valence-corrected chi connectivity index (χ0v) is 17.6. The lowest BCUT2D eigenvalue weighted by atomic mass is 10.1. The van der Waals surface area contributed by atoms with Crippen molar-refractivity contribution >= 4 is 23.4 Å². The van der Waals surface area contributed by atoms with Gasteiger partial charge in [-0.3, -0.25) is 4.79 Å². The van der Waals surface area contributed by atoms with E-state index >= 15 is 0 Å². The van der Waals surface area contributed by atoms with E-state index in [1.54, 1.807) is 0 Å². The van der Waals surface area contributed by atoms with Gasteiger partial charge in [0.1, 0.15) is 0 Å². The largest absolute Gasteiger partial charge is 0.325 e. The summed E-state index contributed by atoms with van der Waals surface area (Å²) in [5.41, 5.74) is 5.26. The van der Waals surface area contributed by atoms with Gasteiger partial charge in [-0.2, -0.15) is 0 Å². The van der Waals surface area contributed by atoms with E-state index in [2.05, 4.69) is 46.1 Å². The zero-order valence-electron chi connectivity index (χ0n) is 16.8. The van der Waals surface area contributed by atoms with Crippen molar-refractivity contribution in [1.82, 2.24) is 14.8 Å². The molecule has 0 radical (unpaired) electrons. The van der Waals surface area contributed by atoms with Gasteiger partial charge >= 0.3 is 0 Å². The van der Waals surface area contributed by atoms with E-state index in [0.29, 0.717) is 5.75 Å². The fourth-order valence-corrected chi connectivity index (χ4v) is 3.90. The number of nitrogens with one attached hydrogen (secondary N) is 1. The number of aromatic nitrogens is 3. The van der Waals surface area contributed by atoms with Crippen LogP contribution in [0.2, 0.25) is 0 Å². The average molecular weight is 395 g/mol. The minimum atomic E-state index is -0.0365. The summed E-state index contributed by atoms with van der Waals surface area (Å²) in [6, 6.07) is 14.3. The number of aryl methyl sites for hydroxylation is 3. The standard InChI is InChI=1S/C22H26N4OS/c1-5-12-26-21(18-11-6-8-15(2)13-18)24-25-22(26)28-14-19(27)23-20-16(3)9-7-10-17(20)4/h6-11,13H,5,12,14H2,1-4H3,(H,23,27). The molecule has 28 heavy (non-hydrogen) atoms. The summed E-state index contributed by atoms with van der Waals surface area (Å²) in [5, 5.41) is 12.5. The van der Waals surface area contributed by atoms with Crippen LogP contribution in [0.1, 0.15) is 30.0 Å². The van der Waals surface area contributed by atoms with Gasteiger partial charge in [0.15, 0.2) is 11.0 Å². The molecule has 0 atom stereocenters. The Balaban J connectivity index is 1.74. The van der Waals surface area contributed by atoms with Crippen LogP contribution in [0.5, 0.6) is 0 Å². The van der Waals surface area contributed by atoms with Crippen LogP contribution in [0.25, 0.3) is 11.4 Å². The van der Waals surface area contributed by atoms with E-state index in [9.17, 15) is 4.79 Å². The lowest BCUT2D eigenvalue weighted by molar-refractivity contribution is -0.113. The molecule has 1 heterocycles. The van der Waals surface area contributed by atoms with E-state index < -0.39 is 0 Å². The third kappa shape index (κ3) is 4.62. The van der Waals surface area contributed by atoms with Gasteiger partial charge in [-0.1, -0.05) is 60.6 Å². The van der Waals surface area contributed by atoms with Crippen LogP contribution >= 0.6 is 11.8 Å². The molecule has 0 bridgehead atoms. The maximum atomic E-state index is 12.5. The molecule has 0 aliphatic rings. The molecule has 5 nitrogen and oxygen atoms in total. The van der Waals surface area contributed by atoms with Gasteiger partial charge in [-0.25, -0.2) is 0 Å². The van der Waals surface area contributed by atoms with E-state index in [0.717, 1.165) is 46.3 Å². The first-order chi connectivity index (χ1) is 13.5. The molecule has 0 unspecified atom stereocenters. The number of anilines is 1. The number of carbonyl (C=O) groups is 1. The Hall–Kier alpha value is -2.60. The van der Waals surface area contributed by atoms with Crippen LogP contribution in [-0.4, -0.2) is 26.4 Å². The molecule has 0 aliphatic heterocycles. The minimum Gasteiger partial charge on any atom is -0.325 e. The molecule has 0 saturated heterocycles. The molecule has 0 aliphatic carbocycles. The highest BCUT2D eigenvalue weighted by Gasteiger charge is 2.16. The van der Waals surface area contributed by atoms with E-state index in [1.807, 2.05) is 44.2 Å². The number of amides is 1. The van der Waals surface area contributed by atoms with Gasteiger partial charge in [0.25, 0.3) is 0 Å². The van der Waals surface area contributed by atoms with Gasteiger partial charge in [-0.05, 0) is 44.4 Å². The van der Waals surface area contributed by atoms with Crippen LogP contribution in [0.3, 0.4) is 0 Å². The van der Waals surface area contributed by atoms with Crippen LogP contribution < -0.4 is 5.32 Å². The highest BCUT2D eigenvalue weighted by molar-refractivity contribution is 7.99. The number of para-hydroxylation sites is 1. The molecule has 0 spiro atoms. The molecule has 1 N–H and O–H groups in total. The molecule has 1 aromatic heterocycles. The highest BCUT2D eigenvalue weighted by atomic mass is 32.2. The summed E-state index contributed by atoms with van der Waals surface area (Å²) in [4.78, 5) is 12.5. The topological polar surface area (TPSA) is 59.8 Å². The molecular weight excluding hydrogens is 368 g/mol. The van der Waals surface area contributed by atoms with Gasteiger partial charge in [-0.15, -0.1) is 10.2 Å². The van der Waals surface area contributed by atoms with Crippen molar-refractivity contribution in [2.45, 2.75) is 45.8 Å². The summed E-state index contributed by atoms with van der Waals surface area (Å²) in [7, 11) is 0. The van der Waals surface area contributed by atoms with Crippen molar-refractivity contribution < 1.29 is 4.79 Å². The average Bonchev–Trinajstić information content (AvgIpc) is 3.06. The number of rotatable bonds is 7. The molecule has 3 rings (SSSR count). The fraction of sp³-hybridized carbons (Fsp3) is 0.318. The Morgan fingerprint density at radius 3 is 2.46 bits per heavy atom. The summed E-state index contributed by atoms with van der Waals surface area (Å²) >= 11 is 1.42. The van der Waals surface area contributed by atoms with Crippen molar-refractivity contribution in [1.29, 1.82) is 0 Å². The Morgan fingerprint density at radius 1 is 1.07 bits per heavy atom. The molecule has 3 aromatic rings. The number of hydrogen-bond donors (Lipinski definition) is 1. The quantitative estimate of drug-likeness (QED) is 0.572. The second-order valence-electron chi connectivity index (χ2n) is 6.93. The number of nitrogens with zero attached hydrogens (tertiary/aromatic N) is 3. The van der Waals surface area contributed by atoms with Gasteiger partial charge in [0, 0.05) is 17.8 Å². The van der Waals surface area contributed by atoms with Crippen LogP contribution in [-0.2, 0) is 11.3 Å². The predicted molar refractivity (Wildman–Crippen MR) is 116 cm³/mol. The molecule has 0 saturated carbocycles. The minimum absolute atomic E-state index is 0.0365. The summed E-state index contributed by atoms with van der Waals surface area (Å²) in [6.45, 7) is 9.01. The first kappa shape index (κ1) is 20.1. The van der Waals surface area contributed by atoms with Crippen LogP contribution in [0.15, 0.2) is 47.6 Å². The summed E-state index contributed by atoms with van der Waals surface area (Å²) in [5.74, 6) is 1.11. The second-order valence-corrected chi connectivity index (χ2v) is 7.87. The predicted octanol–water partition coefficient (Wildman–Crippen LogP) is 5.01. The summed E-state index contributed by atoms with van der Waals surface area (Å²) < 4.78 is 2.10. The lowest BCUT2D eigenvalue weighted by Crippen LogP contribution is -2.16. The number of thioether (sulfide) groups is 1. The Morgan fingerprint density at radius 2 is 1.79 bits per heavy atom. The van der Waals surface area contributed by atoms with Crippen molar-refractivity contribution in [3.8, 4) is 11.4 Å². The van der Waals surface area contributed by atoms with E-state index in [-0.39, 0.29) is 5.91 Å². The first-order valence-corrected chi connectivity index (χ1v) is 10.5. The SMILES string of the molecule is CCCn1c(SCC(=O)Nc2c(C)cccc2C)nnc1-c1cccc(C)c1. The molecule has 2 aromatic carbocycles. The maximum absolute atomic E-state index is 12.5. The maximum Gasteiger partial charge on any atom is 0.234 e. The smallest absolute Gasteiger partial charge is 0.234 e. The van der Waals surface area contributed by atoms with E-state index in [1.165, 1.54) is 17.3 Å². The van der Waals surface area contributed by atoms with E-state index in [4.69, 9.17) is 0 Å². The molecular formula is C22H26N4OS. The normalized spacial score (nSPS) is 10.9. The van der Waals surface area contributed by atoms with Crippen molar-refractivity contribution in [3.05, 3.63) is 59.2 Å². The zero-order chi connectivity index (χ0) is 20.1. The lowest BCUT2D eigenvalue weighted by Gasteiger charge is -2.12. The molecule has 1 amide bonds. The van der Waals surface area contributed by atoms with Crippen molar-refractivity contribution in [2.24, 2.45) is 0 Å². The third-order valence-electron chi connectivity index (χ3n) is 4.52. The van der Waals surface area contributed by atoms with Crippen molar-refractivity contribution in [3.63, 3.8) is 0 Å². The van der Waals surface area contributed by atoms with Gasteiger partial charge in [0.05, 0.1) is 5.75 Å². The van der Waals surface area contributed by atoms with Crippen LogP contribution in [0.4, 0.5) is 5.69 Å². The monoisotopic (exact) mass is 394 g/mol. The fourth-order valence-electron chi connectivity index (χ4n) is 3.14. The van der Waals surface area contributed by atoms with Gasteiger partial charge < -0.3 is 9.88 Å². The molecule has 146 valence electrons. The molecule has 6 heteroatoms. The molecule has 0 fully saturated rings. The Bertz CT molecular complexity index is 960. The number of hydrogen-bond acceptors (Lipinski definition) is 4. The second kappa shape index (κ2) is 9.06. The van der Waals surface area contributed by atoms with Gasteiger partial charge in [0.2, 0.25) is 5.91 Å². The number of benzene rings is 2. The summed E-state index contributed by atoms with van der Waals surface area (Å²) in [6.07, 6.45) is 0.971. The number of carbonyl (C=O) groups excluding carboxylic acids is 1. The third-order valence-corrected chi connectivity index (χ3v) is 5.48. The Kier molecular flexibility index (Phi) is 6.52. The van der Waals surface area contributed by atoms with Crippen molar-refractivity contribution in [2.75, 3.05) is 11.1 Å². The first-order valence-electron chi connectivity index (χ1n) is 9.48. The van der Waals surface area contributed by atoms with Crippen LogP contribution in [0, 0.1) is 20.8 Å². The Labute approximate surface area is 170 Å².